The zero-order valence-electron chi connectivity index (χ0n) is 17.7. The summed E-state index contributed by atoms with van der Waals surface area (Å²) in [5.74, 6) is 0.904. The Morgan fingerprint density at radius 1 is 1.28 bits per heavy atom. The van der Waals surface area contributed by atoms with Gasteiger partial charge in [0.25, 0.3) is 0 Å². The number of aryl methyl sites for hydroxylation is 1. The number of benzene rings is 1. The van der Waals surface area contributed by atoms with Crippen molar-refractivity contribution in [3.8, 4) is 0 Å². The van der Waals surface area contributed by atoms with Crippen molar-refractivity contribution in [2.75, 3.05) is 26.7 Å². The van der Waals surface area contributed by atoms with Crippen molar-refractivity contribution in [2.45, 2.75) is 51.6 Å². The van der Waals surface area contributed by atoms with Gasteiger partial charge in [-0.2, -0.15) is 0 Å². The summed E-state index contributed by atoms with van der Waals surface area (Å²) in [7, 11) is 1.85. The molecule has 2 heterocycles. The van der Waals surface area contributed by atoms with Crippen LogP contribution in [-0.4, -0.2) is 48.6 Å². The highest BCUT2D eigenvalue weighted by Gasteiger charge is 2.23. The van der Waals surface area contributed by atoms with Gasteiger partial charge in [-0.3, -0.25) is 9.89 Å². The summed E-state index contributed by atoms with van der Waals surface area (Å²) in [5.41, 5.74) is 1.40. The van der Waals surface area contributed by atoms with Gasteiger partial charge < -0.3 is 10.6 Å². The number of rotatable bonds is 7. The first-order valence-electron chi connectivity index (χ1n) is 10.4. The highest BCUT2D eigenvalue weighted by molar-refractivity contribution is 14.0. The number of aromatic nitrogens is 1. The van der Waals surface area contributed by atoms with E-state index < -0.39 is 0 Å². The van der Waals surface area contributed by atoms with E-state index in [-0.39, 0.29) is 24.0 Å². The molecule has 0 bridgehead atoms. The van der Waals surface area contributed by atoms with Gasteiger partial charge in [0.2, 0.25) is 0 Å². The van der Waals surface area contributed by atoms with E-state index in [0.29, 0.717) is 12.1 Å². The largest absolute Gasteiger partial charge is 0.356 e. The molecular weight excluding hydrogens is 493 g/mol. The van der Waals surface area contributed by atoms with Gasteiger partial charge in [0, 0.05) is 56.3 Å². The van der Waals surface area contributed by atoms with Crippen LogP contribution in [0.1, 0.15) is 48.2 Å². The Kier molecular flexibility index (Phi) is 10.4. The summed E-state index contributed by atoms with van der Waals surface area (Å²) in [4.78, 5) is 12.8. The second kappa shape index (κ2) is 12.5. The maximum atomic E-state index is 4.49. The third kappa shape index (κ3) is 7.22. The first kappa shape index (κ1) is 24.1. The summed E-state index contributed by atoms with van der Waals surface area (Å²) in [6.45, 7) is 7.58. The topological polar surface area (TPSA) is 52.6 Å². The molecule has 1 atom stereocenters. The maximum Gasteiger partial charge on any atom is 0.191 e. The van der Waals surface area contributed by atoms with Crippen LogP contribution < -0.4 is 10.6 Å². The van der Waals surface area contributed by atoms with Gasteiger partial charge in [0.05, 0.1) is 5.01 Å². The van der Waals surface area contributed by atoms with Crippen LogP contribution >= 0.6 is 35.3 Å². The fourth-order valence-corrected chi connectivity index (χ4v) is 4.54. The SMILES string of the molecule is CCc1cnc(CCNC(=NC)NC2CCN(C(C)c3ccccc3)CC2)s1.I. The van der Waals surface area contributed by atoms with Crippen molar-refractivity contribution in [3.63, 3.8) is 0 Å². The van der Waals surface area contributed by atoms with Crippen LogP contribution in [0.4, 0.5) is 0 Å². The molecule has 1 unspecified atom stereocenters. The van der Waals surface area contributed by atoms with Crippen molar-refractivity contribution in [3.05, 3.63) is 52.0 Å². The van der Waals surface area contributed by atoms with E-state index in [4.69, 9.17) is 0 Å². The van der Waals surface area contributed by atoms with Gasteiger partial charge in [-0.25, -0.2) is 4.98 Å². The van der Waals surface area contributed by atoms with Gasteiger partial charge >= 0.3 is 0 Å². The van der Waals surface area contributed by atoms with Crippen LogP contribution in [0.5, 0.6) is 0 Å². The van der Waals surface area contributed by atoms with Crippen LogP contribution in [0.25, 0.3) is 0 Å². The van der Waals surface area contributed by atoms with Crippen molar-refractivity contribution in [2.24, 2.45) is 4.99 Å². The molecule has 29 heavy (non-hydrogen) atoms. The van der Waals surface area contributed by atoms with Crippen LogP contribution in [0.3, 0.4) is 0 Å². The Bertz CT molecular complexity index is 741. The van der Waals surface area contributed by atoms with Crippen LogP contribution in [-0.2, 0) is 12.8 Å². The van der Waals surface area contributed by atoms with Gasteiger partial charge in [0.1, 0.15) is 0 Å². The average Bonchev–Trinajstić information content (AvgIpc) is 3.21. The van der Waals surface area contributed by atoms with E-state index in [9.17, 15) is 0 Å². The number of piperidine rings is 1. The van der Waals surface area contributed by atoms with Crippen LogP contribution in [0.15, 0.2) is 41.5 Å². The molecule has 2 aromatic rings. The quantitative estimate of drug-likeness (QED) is 0.321. The lowest BCUT2D eigenvalue weighted by Gasteiger charge is -2.37. The Morgan fingerprint density at radius 3 is 2.62 bits per heavy atom. The molecule has 0 radical (unpaired) electrons. The van der Waals surface area contributed by atoms with E-state index >= 15 is 0 Å². The Balaban J connectivity index is 0.00000300. The number of hydrogen-bond donors (Lipinski definition) is 2. The third-order valence-corrected chi connectivity index (χ3v) is 6.71. The molecule has 160 valence electrons. The van der Waals surface area contributed by atoms with Gasteiger partial charge in [-0.05, 0) is 31.7 Å². The van der Waals surface area contributed by atoms with E-state index in [1.165, 1.54) is 15.4 Å². The Labute approximate surface area is 196 Å². The number of thiazole rings is 1. The zero-order chi connectivity index (χ0) is 19.8. The number of nitrogens with one attached hydrogen (secondary N) is 2. The Morgan fingerprint density at radius 2 is 2.00 bits per heavy atom. The second-order valence-electron chi connectivity index (χ2n) is 7.36. The summed E-state index contributed by atoms with van der Waals surface area (Å²) in [6, 6.07) is 11.8. The molecule has 2 N–H and O–H groups in total. The molecule has 0 spiro atoms. The lowest BCUT2D eigenvalue weighted by atomic mass is 10.0. The predicted molar refractivity (Wildman–Crippen MR) is 135 cm³/mol. The molecule has 5 nitrogen and oxygen atoms in total. The zero-order valence-corrected chi connectivity index (χ0v) is 20.9. The summed E-state index contributed by atoms with van der Waals surface area (Å²) < 4.78 is 0. The van der Waals surface area contributed by atoms with Gasteiger partial charge in [-0.15, -0.1) is 35.3 Å². The summed E-state index contributed by atoms with van der Waals surface area (Å²) in [5, 5.41) is 8.24. The van der Waals surface area contributed by atoms with Gasteiger partial charge in [-0.1, -0.05) is 37.3 Å². The molecule has 0 amide bonds. The highest BCUT2D eigenvalue weighted by Crippen LogP contribution is 2.24. The molecular formula is C22H34IN5S. The smallest absolute Gasteiger partial charge is 0.191 e. The minimum absolute atomic E-state index is 0. The van der Waals surface area contributed by atoms with E-state index in [0.717, 1.165) is 51.3 Å². The number of hydrogen-bond acceptors (Lipinski definition) is 4. The number of aliphatic imine (C=N–C) groups is 1. The van der Waals surface area contributed by atoms with Crippen LogP contribution in [0, 0.1) is 0 Å². The van der Waals surface area contributed by atoms with Crippen molar-refractivity contribution in [1.82, 2.24) is 20.5 Å². The number of halogens is 1. The number of likely N-dealkylation sites (tertiary alicyclic amines) is 1. The lowest BCUT2D eigenvalue weighted by Crippen LogP contribution is -2.49. The first-order chi connectivity index (χ1) is 13.7. The molecule has 0 saturated carbocycles. The number of nitrogens with zero attached hydrogens (tertiary/aromatic N) is 3. The molecule has 3 rings (SSSR count). The summed E-state index contributed by atoms with van der Waals surface area (Å²) in [6.07, 6.45) is 6.29. The van der Waals surface area contributed by atoms with Crippen molar-refractivity contribution in [1.29, 1.82) is 0 Å². The van der Waals surface area contributed by atoms with Crippen molar-refractivity contribution < 1.29 is 0 Å². The van der Waals surface area contributed by atoms with Crippen LogP contribution in [0.2, 0.25) is 0 Å². The minimum Gasteiger partial charge on any atom is -0.356 e. The molecule has 1 aliphatic rings. The molecule has 1 aromatic carbocycles. The third-order valence-electron chi connectivity index (χ3n) is 5.50. The molecule has 1 fully saturated rings. The van der Waals surface area contributed by atoms with E-state index in [1.54, 1.807) is 0 Å². The minimum atomic E-state index is 0. The van der Waals surface area contributed by atoms with Crippen molar-refractivity contribution >= 4 is 41.3 Å². The van der Waals surface area contributed by atoms with E-state index in [1.807, 2.05) is 24.6 Å². The van der Waals surface area contributed by atoms with Gasteiger partial charge in [0.15, 0.2) is 5.96 Å². The van der Waals surface area contributed by atoms with E-state index in [2.05, 4.69) is 69.7 Å². The molecule has 1 aromatic heterocycles. The molecule has 1 aliphatic heterocycles. The average molecular weight is 528 g/mol. The highest BCUT2D eigenvalue weighted by atomic mass is 127. The maximum absolute atomic E-state index is 4.49. The normalized spacial score (nSPS) is 16.9. The lowest BCUT2D eigenvalue weighted by molar-refractivity contribution is 0.158. The molecule has 7 heteroatoms. The Hall–Kier alpha value is -1.19. The molecule has 0 aliphatic carbocycles. The monoisotopic (exact) mass is 527 g/mol. The second-order valence-corrected chi connectivity index (χ2v) is 8.56. The number of guanidine groups is 1. The fraction of sp³-hybridized carbons (Fsp3) is 0.545. The predicted octanol–water partition coefficient (Wildman–Crippen LogP) is 4.26. The fourth-order valence-electron chi connectivity index (χ4n) is 3.68. The molecule has 1 saturated heterocycles. The summed E-state index contributed by atoms with van der Waals surface area (Å²) >= 11 is 1.81. The first-order valence-corrected chi connectivity index (χ1v) is 11.2. The standard InChI is InChI=1S/C22H33N5S.HI/c1-4-20-16-25-21(28-20)10-13-24-22(23-3)26-19-11-14-27(15-12-19)17(2)18-8-6-5-7-9-18;/h5-9,16-17,19H,4,10-15H2,1-3H3,(H2,23,24,26);1H.